The van der Waals surface area contributed by atoms with Gasteiger partial charge < -0.3 is 15.1 Å². The van der Waals surface area contributed by atoms with Gasteiger partial charge in [-0.2, -0.15) is 4.98 Å². The van der Waals surface area contributed by atoms with Gasteiger partial charge in [-0.3, -0.25) is 9.69 Å². The van der Waals surface area contributed by atoms with E-state index in [9.17, 15) is 4.79 Å². The van der Waals surface area contributed by atoms with Crippen LogP contribution in [0.4, 0.5) is 17.6 Å². The minimum absolute atomic E-state index is 0.102. The number of nitrogens with zero attached hydrogens (tertiary/aromatic N) is 7. The van der Waals surface area contributed by atoms with Gasteiger partial charge in [-0.05, 0) is 44.5 Å². The molecule has 3 saturated heterocycles. The Hall–Kier alpha value is -3.63. The number of pyridine rings is 1. The molecule has 2 bridgehead atoms. The van der Waals surface area contributed by atoms with Crippen molar-refractivity contribution in [2.75, 3.05) is 43.4 Å². The van der Waals surface area contributed by atoms with E-state index in [-0.39, 0.29) is 5.91 Å². The summed E-state index contributed by atoms with van der Waals surface area (Å²) in [6, 6.07) is 12.8. The number of likely N-dealkylation sites (N-methyl/N-ethyl adjacent to an activating group) is 1. The third-order valence-electron chi connectivity index (χ3n) is 7.71. The molecule has 10 heteroatoms. The highest BCUT2D eigenvalue weighted by molar-refractivity contribution is 7.21. The van der Waals surface area contributed by atoms with Crippen molar-refractivity contribution in [3.63, 3.8) is 0 Å². The number of amides is 1. The number of thiazole rings is 1. The van der Waals surface area contributed by atoms with Crippen LogP contribution in [-0.4, -0.2) is 81.0 Å². The SMILES string of the molecule is CN1C[C@@H]2C[C@H]1CN2c1ccnc(Nc2cc3nc(-c4cccc(C(=O)N5CCCC5)c4)sc3cn2)n1. The van der Waals surface area contributed by atoms with Gasteiger partial charge in [0.15, 0.2) is 0 Å². The quantitative estimate of drug-likeness (QED) is 0.429. The highest BCUT2D eigenvalue weighted by Gasteiger charge is 2.42. The molecular formula is C27H28N8OS. The van der Waals surface area contributed by atoms with Crippen LogP contribution >= 0.6 is 11.3 Å². The van der Waals surface area contributed by atoms with Crippen molar-refractivity contribution < 1.29 is 4.79 Å². The van der Waals surface area contributed by atoms with Crippen LogP contribution in [0.5, 0.6) is 0 Å². The largest absolute Gasteiger partial charge is 0.351 e. The smallest absolute Gasteiger partial charge is 0.253 e. The number of piperazine rings is 1. The van der Waals surface area contributed by atoms with Crippen LogP contribution in [0.3, 0.4) is 0 Å². The lowest BCUT2D eigenvalue weighted by molar-refractivity contribution is 0.0793. The Morgan fingerprint density at radius 3 is 2.76 bits per heavy atom. The Balaban J connectivity index is 1.11. The van der Waals surface area contributed by atoms with E-state index in [0.717, 1.165) is 65.6 Å². The number of hydrogen-bond acceptors (Lipinski definition) is 9. The molecule has 2 atom stereocenters. The third kappa shape index (κ3) is 4.19. The molecule has 4 aromatic rings. The summed E-state index contributed by atoms with van der Waals surface area (Å²) in [6.07, 6.45) is 6.99. The van der Waals surface area contributed by atoms with Gasteiger partial charge in [-0.25, -0.2) is 15.0 Å². The van der Waals surface area contributed by atoms with Crippen molar-refractivity contribution in [2.24, 2.45) is 0 Å². The molecule has 0 radical (unpaired) electrons. The second-order valence-corrected chi connectivity index (χ2v) is 11.2. The van der Waals surface area contributed by atoms with E-state index >= 15 is 0 Å². The standard InChI is InChI=1S/C27H28N8OS/c1-33-15-20-12-19(33)16-35(20)24-7-8-28-27(32-24)31-23-13-21-22(14-29-23)37-25(30-21)17-5-4-6-18(11-17)26(36)34-9-2-3-10-34/h4-8,11,13-14,19-20H,2-3,9-10,12,15-16H2,1H3,(H,28,29,31,32)/t19-,20-/m0/s1. The number of nitrogens with one attached hydrogen (secondary N) is 1. The first-order valence-corrected chi connectivity index (χ1v) is 13.7. The molecule has 1 amide bonds. The number of rotatable bonds is 5. The van der Waals surface area contributed by atoms with Crippen molar-refractivity contribution in [3.05, 3.63) is 54.4 Å². The molecule has 0 saturated carbocycles. The van der Waals surface area contributed by atoms with Gasteiger partial charge in [0.05, 0.1) is 10.2 Å². The Labute approximate surface area is 219 Å². The van der Waals surface area contributed by atoms with Crippen LogP contribution in [0.1, 0.15) is 29.6 Å². The minimum Gasteiger partial charge on any atom is -0.351 e. The van der Waals surface area contributed by atoms with Crippen LogP contribution in [-0.2, 0) is 0 Å². The zero-order valence-corrected chi connectivity index (χ0v) is 21.5. The molecule has 9 nitrogen and oxygen atoms in total. The van der Waals surface area contributed by atoms with Gasteiger partial charge in [-0.15, -0.1) is 11.3 Å². The van der Waals surface area contributed by atoms with E-state index in [0.29, 0.717) is 29.4 Å². The van der Waals surface area contributed by atoms with Crippen molar-refractivity contribution in [1.29, 1.82) is 0 Å². The number of likely N-dealkylation sites (tertiary alicyclic amines) is 2. The first kappa shape index (κ1) is 22.6. The van der Waals surface area contributed by atoms with E-state index in [2.05, 4.69) is 32.1 Å². The van der Waals surface area contributed by atoms with E-state index in [1.807, 2.05) is 47.5 Å². The van der Waals surface area contributed by atoms with Gasteiger partial charge in [0.25, 0.3) is 5.91 Å². The summed E-state index contributed by atoms with van der Waals surface area (Å²) in [5, 5.41) is 4.13. The summed E-state index contributed by atoms with van der Waals surface area (Å²) >= 11 is 1.58. The molecule has 188 valence electrons. The average molecular weight is 513 g/mol. The fourth-order valence-electron chi connectivity index (χ4n) is 5.74. The zero-order valence-electron chi connectivity index (χ0n) is 20.7. The number of carbonyl (C=O) groups is 1. The van der Waals surface area contributed by atoms with E-state index < -0.39 is 0 Å². The second-order valence-electron chi connectivity index (χ2n) is 10.1. The van der Waals surface area contributed by atoms with Gasteiger partial charge in [-0.1, -0.05) is 12.1 Å². The number of benzene rings is 1. The van der Waals surface area contributed by atoms with Crippen LogP contribution in [0.25, 0.3) is 20.8 Å². The molecule has 6 heterocycles. The Morgan fingerprint density at radius 2 is 1.95 bits per heavy atom. The molecule has 0 unspecified atom stereocenters. The summed E-state index contributed by atoms with van der Waals surface area (Å²) in [6.45, 7) is 3.77. The maximum Gasteiger partial charge on any atom is 0.253 e. The molecule has 0 aliphatic carbocycles. The molecule has 3 fully saturated rings. The third-order valence-corrected chi connectivity index (χ3v) is 8.77. The molecule has 3 aromatic heterocycles. The topological polar surface area (TPSA) is 90.4 Å². The summed E-state index contributed by atoms with van der Waals surface area (Å²) < 4.78 is 0.990. The average Bonchev–Trinajstić information content (AvgIpc) is 3.72. The van der Waals surface area contributed by atoms with E-state index in [1.165, 1.54) is 6.42 Å². The summed E-state index contributed by atoms with van der Waals surface area (Å²) in [4.78, 5) is 38.3. The monoisotopic (exact) mass is 512 g/mol. The lowest BCUT2D eigenvalue weighted by Gasteiger charge is -2.32. The second kappa shape index (κ2) is 9.04. The normalized spacial score (nSPS) is 21.3. The fourth-order valence-corrected chi connectivity index (χ4v) is 6.66. The van der Waals surface area contributed by atoms with Crippen molar-refractivity contribution >= 4 is 45.0 Å². The zero-order chi connectivity index (χ0) is 24.9. The van der Waals surface area contributed by atoms with E-state index in [1.54, 1.807) is 17.5 Å². The highest BCUT2D eigenvalue weighted by Crippen LogP contribution is 2.34. The van der Waals surface area contributed by atoms with Gasteiger partial charge in [0.1, 0.15) is 16.6 Å². The number of carbonyl (C=O) groups excluding carboxylic acids is 1. The Bertz CT molecular complexity index is 1480. The molecular weight excluding hydrogens is 484 g/mol. The van der Waals surface area contributed by atoms with Crippen LogP contribution in [0.2, 0.25) is 0 Å². The molecule has 7 rings (SSSR count). The van der Waals surface area contributed by atoms with E-state index in [4.69, 9.17) is 9.97 Å². The number of anilines is 3. The maximum absolute atomic E-state index is 12.9. The molecule has 37 heavy (non-hydrogen) atoms. The van der Waals surface area contributed by atoms with Crippen LogP contribution in [0, 0.1) is 0 Å². The highest BCUT2D eigenvalue weighted by atomic mass is 32.1. The molecule has 3 aliphatic heterocycles. The predicted molar refractivity (Wildman–Crippen MR) is 145 cm³/mol. The molecule has 1 N–H and O–H groups in total. The molecule has 0 spiro atoms. The summed E-state index contributed by atoms with van der Waals surface area (Å²) in [5.74, 6) is 2.24. The van der Waals surface area contributed by atoms with Crippen molar-refractivity contribution in [2.45, 2.75) is 31.3 Å². The van der Waals surface area contributed by atoms with Crippen LogP contribution < -0.4 is 10.2 Å². The van der Waals surface area contributed by atoms with Crippen LogP contribution in [0.15, 0.2) is 48.8 Å². The fraction of sp³-hybridized carbons (Fsp3) is 0.370. The molecule has 3 aliphatic rings. The Kier molecular flexibility index (Phi) is 5.51. The van der Waals surface area contributed by atoms with Crippen molar-refractivity contribution in [3.8, 4) is 10.6 Å². The maximum atomic E-state index is 12.9. The minimum atomic E-state index is 0.102. The number of fused-ring (bicyclic) bond motifs is 3. The first-order valence-electron chi connectivity index (χ1n) is 12.8. The molecule has 1 aromatic carbocycles. The Morgan fingerprint density at radius 1 is 1.05 bits per heavy atom. The predicted octanol–water partition coefficient (Wildman–Crippen LogP) is 4.02. The summed E-state index contributed by atoms with van der Waals surface area (Å²) in [7, 11) is 2.20. The van der Waals surface area contributed by atoms with Crippen molar-refractivity contribution in [1.82, 2.24) is 29.7 Å². The number of hydrogen-bond donors (Lipinski definition) is 1. The lowest BCUT2D eigenvalue weighted by Crippen LogP contribution is -2.44. The summed E-state index contributed by atoms with van der Waals surface area (Å²) in [5.41, 5.74) is 2.52. The van der Waals surface area contributed by atoms with Gasteiger partial charge >= 0.3 is 0 Å². The van der Waals surface area contributed by atoms with Gasteiger partial charge in [0.2, 0.25) is 5.95 Å². The van der Waals surface area contributed by atoms with Gasteiger partial charge in [0, 0.05) is 67.8 Å². The number of aromatic nitrogens is 4. The first-order chi connectivity index (χ1) is 18.1. The lowest BCUT2D eigenvalue weighted by atomic mass is 10.1.